The Morgan fingerprint density at radius 1 is 1.10 bits per heavy atom. The molecule has 102 valence electrons. The van der Waals surface area contributed by atoms with Gasteiger partial charge in [-0.2, -0.15) is 0 Å². The molecule has 2 N–H and O–H groups in total. The first-order chi connectivity index (χ1) is 9.84. The molecule has 6 heteroatoms. The summed E-state index contributed by atoms with van der Waals surface area (Å²) in [5.74, 6) is 0.525. The molecule has 0 saturated carbocycles. The van der Waals surface area contributed by atoms with Crippen molar-refractivity contribution in [1.29, 1.82) is 0 Å². The van der Waals surface area contributed by atoms with Crippen LogP contribution in [0.4, 0.5) is 5.82 Å². The highest BCUT2D eigenvalue weighted by atomic mass is 16.4. The van der Waals surface area contributed by atoms with E-state index < -0.39 is 0 Å². The summed E-state index contributed by atoms with van der Waals surface area (Å²) < 4.78 is 5.09. The molecular formula is C14H15N5O. The molecule has 2 heterocycles. The molecule has 0 bridgehead atoms. The van der Waals surface area contributed by atoms with Gasteiger partial charge in [0.05, 0.1) is 11.9 Å². The molecule has 20 heavy (non-hydrogen) atoms. The molecule has 0 aliphatic heterocycles. The molecular weight excluding hydrogens is 254 g/mol. The predicted octanol–water partition coefficient (Wildman–Crippen LogP) is 2.80. The second-order valence-electron chi connectivity index (χ2n) is 3.60. The summed E-state index contributed by atoms with van der Waals surface area (Å²) in [5.41, 5.74) is 7.81. The Bertz CT molecular complexity index is 653. The van der Waals surface area contributed by atoms with Crippen LogP contribution in [-0.4, -0.2) is 20.2 Å². The van der Waals surface area contributed by atoms with Gasteiger partial charge < -0.3 is 10.2 Å². The van der Waals surface area contributed by atoms with Gasteiger partial charge in [0, 0.05) is 5.56 Å². The van der Waals surface area contributed by atoms with Gasteiger partial charge >= 0.3 is 0 Å². The van der Waals surface area contributed by atoms with Gasteiger partial charge in [-0.1, -0.05) is 44.2 Å². The van der Waals surface area contributed by atoms with E-state index in [4.69, 9.17) is 10.2 Å². The van der Waals surface area contributed by atoms with Crippen molar-refractivity contribution in [3.63, 3.8) is 0 Å². The Hall–Kier alpha value is -2.76. The second-order valence-corrected chi connectivity index (χ2v) is 3.60. The van der Waals surface area contributed by atoms with Crippen LogP contribution in [0.2, 0.25) is 0 Å². The van der Waals surface area contributed by atoms with Crippen molar-refractivity contribution in [3.05, 3.63) is 42.9 Å². The second kappa shape index (κ2) is 6.42. The first kappa shape index (κ1) is 13.7. The van der Waals surface area contributed by atoms with E-state index in [0.717, 1.165) is 5.56 Å². The van der Waals surface area contributed by atoms with Crippen LogP contribution < -0.4 is 5.73 Å². The van der Waals surface area contributed by atoms with E-state index in [1.54, 1.807) is 6.20 Å². The minimum atomic E-state index is 0.262. The Labute approximate surface area is 116 Å². The minimum Gasteiger partial charge on any atom is -0.422 e. The summed E-state index contributed by atoms with van der Waals surface area (Å²) in [6.45, 7) is 4.00. The van der Waals surface area contributed by atoms with Crippen LogP contribution >= 0.6 is 0 Å². The molecule has 3 aromatic rings. The number of hydrogen-bond donors (Lipinski definition) is 1. The van der Waals surface area contributed by atoms with E-state index in [1.165, 1.54) is 6.39 Å². The zero-order valence-electron chi connectivity index (χ0n) is 11.3. The Morgan fingerprint density at radius 3 is 2.50 bits per heavy atom. The zero-order valence-corrected chi connectivity index (χ0v) is 11.3. The number of hydrogen-bond acceptors (Lipinski definition) is 6. The smallest absolute Gasteiger partial charge is 0.269 e. The summed E-state index contributed by atoms with van der Waals surface area (Å²) in [4.78, 5) is 8.50. The molecule has 0 atom stereocenters. The molecule has 1 aromatic carbocycles. The van der Waals surface area contributed by atoms with E-state index in [0.29, 0.717) is 11.4 Å². The zero-order chi connectivity index (χ0) is 14.4. The van der Waals surface area contributed by atoms with Crippen LogP contribution in [0.3, 0.4) is 0 Å². The third-order valence-corrected chi connectivity index (χ3v) is 2.43. The normalized spacial score (nSPS) is 9.70. The largest absolute Gasteiger partial charge is 0.422 e. The number of nitrogens with two attached hydrogens (primary N) is 1. The maximum Gasteiger partial charge on any atom is 0.269 e. The molecule has 0 radical (unpaired) electrons. The lowest BCUT2D eigenvalue weighted by Crippen LogP contribution is -1.99. The fourth-order valence-electron chi connectivity index (χ4n) is 1.58. The Morgan fingerprint density at radius 2 is 1.85 bits per heavy atom. The van der Waals surface area contributed by atoms with Crippen LogP contribution in [0.5, 0.6) is 0 Å². The van der Waals surface area contributed by atoms with Gasteiger partial charge in [-0.05, 0) is 0 Å². The van der Waals surface area contributed by atoms with Gasteiger partial charge in [-0.15, -0.1) is 10.2 Å². The van der Waals surface area contributed by atoms with Crippen molar-refractivity contribution < 1.29 is 4.42 Å². The average Bonchev–Trinajstić information content (AvgIpc) is 3.05. The molecule has 0 spiro atoms. The van der Waals surface area contributed by atoms with Gasteiger partial charge in [0.1, 0.15) is 0 Å². The van der Waals surface area contributed by atoms with E-state index in [-0.39, 0.29) is 11.7 Å². The van der Waals surface area contributed by atoms with E-state index in [2.05, 4.69) is 20.2 Å². The molecule has 6 nitrogen and oxygen atoms in total. The number of nitrogen functional groups attached to an aromatic ring is 1. The van der Waals surface area contributed by atoms with Crippen LogP contribution in [0, 0.1) is 0 Å². The van der Waals surface area contributed by atoms with Crippen molar-refractivity contribution in [3.8, 4) is 22.8 Å². The van der Waals surface area contributed by atoms with E-state index in [9.17, 15) is 0 Å². The molecule has 0 unspecified atom stereocenters. The lowest BCUT2D eigenvalue weighted by molar-refractivity contribution is 0.566. The third-order valence-electron chi connectivity index (χ3n) is 2.43. The summed E-state index contributed by atoms with van der Waals surface area (Å²) >= 11 is 0. The van der Waals surface area contributed by atoms with Crippen molar-refractivity contribution >= 4 is 5.82 Å². The number of benzene rings is 1. The van der Waals surface area contributed by atoms with Crippen molar-refractivity contribution in [2.75, 3.05) is 5.73 Å². The predicted molar refractivity (Wildman–Crippen MR) is 76.5 cm³/mol. The molecule has 0 aliphatic rings. The minimum absolute atomic E-state index is 0.262. The van der Waals surface area contributed by atoms with Crippen molar-refractivity contribution in [1.82, 2.24) is 20.2 Å². The van der Waals surface area contributed by atoms with Crippen LogP contribution in [-0.2, 0) is 0 Å². The van der Waals surface area contributed by atoms with E-state index in [1.807, 2.05) is 44.2 Å². The summed E-state index contributed by atoms with van der Waals surface area (Å²) in [6.07, 6.45) is 2.84. The monoisotopic (exact) mass is 269 g/mol. The SMILES string of the molecule is CC.Nc1ncc(-c2ccccc2)nc1-c1nnco1. The summed E-state index contributed by atoms with van der Waals surface area (Å²) in [7, 11) is 0. The number of rotatable bonds is 2. The highest BCUT2D eigenvalue weighted by molar-refractivity contribution is 5.67. The van der Waals surface area contributed by atoms with Gasteiger partial charge in [0.25, 0.3) is 5.89 Å². The quantitative estimate of drug-likeness (QED) is 0.769. The number of aromatic nitrogens is 4. The molecule has 0 aliphatic carbocycles. The highest BCUT2D eigenvalue weighted by Gasteiger charge is 2.12. The van der Waals surface area contributed by atoms with E-state index >= 15 is 0 Å². The highest BCUT2D eigenvalue weighted by Crippen LogP contribution is 2.23. The molecule has 0 fully saturated rings. The Balaban J connectivity index is 0.000000704. The molecule has 2 aromatic heterocycles. The number of nitrogens with zero attached hydrogens (tertiary/aromatic N) is 4. The van der Waals surface area contributed by atoms with Gasteiger partial charge in [-0.3, -0.25) is 0 Å². The van der Waals surface area contributed by atoms with Crippen LogP contribution in [0.25, 0.3) is 22.8 Å². The topological polar surface area (TPSA) is 90.7 Å². The lowest BCUT2D eigenvalue weighted by atomic mass is 10.1. The van der Waals surface area contributed by atoms with Crippen molar-refractivity contribution in [2.45, 2.75) is 13.8 Å². The lowest BCUT2D eigenvalue weighted by Gasteiger charge is -2.03. The van der Waals surface area contributed by atoms with Crippen LogP contribution in [0.1, 0.15) is 13.8 Å². The average molecular weight is 269 g/mol. The maximum atomic E-state index is 5.76. The van der Waals surface area contributed by atoms with Gasteiger partial charge in [0.2, 0.25) is 6.39 Å². The van der Waals surface area contributed by atoms with Crippen molar-refractivity contribution in [2.24, 2.45) is 0 Å². The standard InChI is InChI=1S/C12H9N5O.C2H6/c13-11-10(12-17-15-7-18-12)16-9(6-14-11)8-4-2-1-3-5-8;1-2/h1-7H,(H2,13,14);1-2H3. The van der Waals surface area contributed by atoms with Gasteiger partial charge in [-0.25, -0.2) is 9.97 Å². The summed E-state index contributed by atoms with van der Waals surface area (Å²) in [5, 5.41) is 7.39. The van der Waals surface area contributed by atoms with Gasteiger partial charge in [0.15, 0.2) is 11.5 Å². The number of anilines is 1. The first-order valence-electron chi connectivity index (χ1n) is 6.29. The maximum absolute atomic E-state index is 5.76. The summed E-state index contributed by atoms with van der Waals surface area (Å²) in [6, 6.07) is 9.68. The fourth-order valence-corrected chi connectivity index (χ4v) is 1.58. The molecule has 0 saturated heterocycles. The third kappa shape index (κ3) is 2.80. The molecule has 0 amide bonds. The fraction of sp³-hybridized carbons (Fsp3) is 0.143. The Kier molecular flexibility index (Phi) is 4.39. The molecule has 3 rings (SSSR count). The van der Waals surface area contributed by atoms with Crippen LogP contribution in [0.15, 0.2) is 47.3 Å². The first-order valence-corrected chi connectivity index (χ1v) is 6.29.